The van der Waals surface area contributed by atoms with E-state index in [1.807, 2.05) is 30.6 Å². The molecule has 0 bridgehead atoms. The number of likely N-dealkylation sites (tertiary alicyclic amines) is 2. The number of rotatable bonds is 8. The second-order valence-electron chi connectivity index (χ2n) is 10.5. The number of piperidine rings is 1. The molecule has 3 nitrogen and oxygen atoms in total. The van der Waals surface area contributed by atoms with E-state index in [0.717, 1.165) is 30.6 Å². The molecule has 0 N–H and O–H groups in total. The molecule has 180 valence electrons. The van der Waals surface area contributed by atoms with Crippen molar-refractivity contribution < 1.29 is 4.74 Å². The molecule has 0 radical (unpaired) electrons. The van der Waals surface area contributed by atoms with Crippen molar-refractivity contribution in [2.24, 2.45) is 11.8 Å². The van der Waals surface area contributed by atoms with Gasteiger partial charge in [0.05, 0.1) is 5.60 Å². The molecule has 1 aromatic carbocycles. The molecule has 2 aliphatic heterocycles. The minimum Gasteiger partial charge on any atom is -0.378 e. The van der Waals surface area contributed by atoms with Gasteiger partial charge in [-0.2, -0.15) is 11.3 Å². The third-order valence-electron chi connectivity index (χ3n) is 8.46. The smallest absolute Gasteiger partial charge is 0.0681 e. The van der Waals surface area contributed by atoms with Gasteiger partial charge in [0, 0.05) is 49.3 Å². The summed E-state index contributed by atoms with van der Waals surface area (Å²) in [7, 11) is 1.92. The van der Waals surface area contributed by atoms with Crippen LogP contribution >= 0.6 is 34.5 Å². The van der Waals surface area contributed by atoms with Gasteiger partial charge >= 0.3 is 0 Å². The predicted octanol–water partition coefficient (Wildman–Crippen LogP) is 6.94. The summed E-state index contributed by atoms with van der Waals surface area (Å²) < 4.78 is 5.91. The summed E-state index contributed by atoms with van der Waals surface area (Å²) in [5.74, 6) is 2.10. The number of benzene rings is 1. The minimum atomic E-state index is 0.214. The van der Waals surface area contributed by atoms with E-state index in [1.54, 1.807) is 0 Å². The van der Waals surface area contributed by atoms with Crippen LogP contribution in [0.25, 0.3) is 0 Å². The predicted molar refractivity (Wildman–Crippen MR) is 140 cm³/mol. The molecule has 2 saturated heterocycles. The maximum atomic E-state index is 6.49. The highest BCUT2D eigenvalue weighted by atomic mass is 35.5. The van der Waals surface area contributed by atoms with Crippen molar-refractivity contribution in [1.29, 1.82) is 0 Å². The summed E-state index contributed by atoms with van der Waals surface area (Å²) in [5, 5.41) is 6.06. The van der Waals surface area contributed by atoms with Crippen molar-refractivity contribution in [3.05, 3.63) is 56.2 Å². The molecule has 2 unspecified atom stereocenters. The van der Waals surface area contributed by atoms with Crippen LogP contribution in [-0.2, 0) is 11.3 Å². The van der Waals surface area contributed by atoms with Crippen molar-refractivity contribution in [1.82, 2.24) is 9.80 Å². The van der Waals surface area contributed by atoms with Crippen LogP contribution in [0.4, 0.5) is 0 Å². The summed E-state index contributed by atoms with van der Waals surface area (Å²) in [6.07, 6.45) is 7.79. The molecule has 33 heavy (non-hydrogen) atoms. The van der Waals surface area contributed by atoms with Crippen molar-refractivity contribution in [2.45, 2.75) is 56.6 Å². The lowest BCUT2D eigenvalue weighted by Crippen LogP contribution is -2.44. The molecule has 2 aromatic rings. The number of thiophene rings is 1. The number of hydrogen-bond donors (Lipinski definition) is 0. The van der Waals surface area contributed by atoms with Gasteiger partial charge in [0.25, 0.3) is 0 Å². The third-order valence-corrected chi connectivity index (χ3v) is 9.74. The number of ether oxygens (including phenoxy) is 1. The largest absolute Gasteiger partial charge is 0.378 e. The lowest BCUT2D eigenvalue weighted by molar-refractivity contribution is -0.0919. The van der Waals surface area contributed by atoms with Crippen LogP contribution in [0.15, 0.2) is 35.0 Å². The van der Waals surface area contributed by atoms with E-state index in [2.05, 4.69) is 32.7 Å². The quantitative estimate of drug-likeness (QED) is 0.385. The maximum absolute atomic E-state index is 6.49. The summed E-state index contributed by atoms with van der Waals surface area (Å²) in [5.41, 5.74) is 2.90. The van der Waals surface area contributed by atoms with Gasteiger partial charge in [-0.3, -0.25) is 4.90 Å². The van der Waals surface area contributed by atoms with E-state index < -0.39 is 0 Å². The molecule has 3 fully saturated rings. The van der Waals surface area contributed by atoms with Crippen molar-refractivity contribution in [3.63, 3.8) is 0 Å². The summed E-state index contributed by atoms with van der Waals surface area (Å²) in [6, 6.07) is 8.23. The Labute approximate surface area is 213 Å². The minimum absolute atomic E-state index is 0.214. The fourth-order valence-corrected chi connectivity index (χ4v) is 7.52. The molecule has 0 spiro atoms. The van der Waals surface area contributed by atoms with Gasteiger partial charge in [0.15, 0.2) is 0 Å². The van der Waals surface area contributed by atoms with Crippen LogP contribution < -0.4 is 0 Å². The van der Waals surface area contributed by atoms with Crippen LogP contribution in [0.2, 0.25) is 10.0 Å². The number of methoxy groups -OCH3 is 1. The Bertz CT molecular complexity index is 903. The first-order valence-electron chi connectivity index (χ1n) is 12.5. The highest BCUT2D eigenvalue weighted by molar-refractivity contribution is 7.08. The topological polar surface area (TPSA) is 15.7 Å². The fraction of sp³-hybridized carbons (Fsp3) is 0.630. The second-order valence-corrected chi connectivity index (χ2v) is 12.2. The highest BCUT2D eigenvalue weighted by Crippen LogP contribution is 2.43. The van der Waals surface area contributed by atoms with Crippen molar-refractivity contribution >= 4 is 34.5 Å². The Morgan fingerprint density at radius 1 is 1.09 bits per heavy atom. The first-order valence-corrected chi connectivity index (χ1v) is 14.2. The Morgan fingerprint density at radius 2 is 1.91 bits per heavy atom. The normalized spacial score (nSPS) is 26.5. The number of halogens is 2. The fourth-order valence-electron chi connectivity index (χ4n) is 6.32. The molecule has 6 heteroatoms. The van der Waals surface area contributed by atoms with Crippen molar-refractivity contribution in [3.8, 4) is 0 Å². The van der Waals surface area contributed by atoms with Gasteiger partial charge in [0.2, 0.25) is 0 Å². The lowest BCUT2D eigenvalue weighted by Gasteiger charge is -2.44. The first-order chi connectivity index (χ1) is 16.0. The zero-order valence-corrected chi connectivity index (χ0v) is 22.0. The molecule has 3 heterocycles. The van der Waals surface area contributed by atoms with Crippen LogP contribution in [0.1, 0.15) is 55.6 Å². The van der Waals surface area contributed by atoms with E-state index >= 15 is 0 Å². The van der Waals surface area contributed by atoms with Crippen molar-refractivity contribution in [2.75, 3.05) is 39.8 Å². The van der Waals surface area contributed by atoms with Crippen LogP contribution in [0, 0.1) is 11.8 Å². The first kappa shape index (κ1) is 24.1. The van der Waals surface area contributed by atoms with Crippen LogP contribution in [0.3, 0.4) is 0 Å². The molecular weight excluding hydrogens is 471 g/mol. The summed E-state index contributed by atoms with van der Waals surface area (Å²) in [6.45, 7) is 6.81. The average molecular weight is 508 g/mol. The van der Waals surface area contributed by atoms with E-state index in [9.17, 15) is 0 Å². The molecule has 5 rings (SSSR count). The Morgan fingerprint density at radius 3 is 2.55 bits per heavy atom. The van der Waals surface area contributed by atoms with E-state index in [4.69, 9.17) is 27.9 Å². The molecule has 0 amide bonds. The summed E-state index contributed by atoms with van der Waals surface area (Å²) >= 11 is 14.4. The third kappa shape index (κ3) is 5.63. The molecule has 2 atom stereocenters. The Hall–Kier alpha value is -0.620. The van der Waals surface area contributed by atoms with Gasteiger partial charge in [0.1, 0.15) is 0 Å². The molecule has 1 aromatic heterocycles. The maximum Gasteiger partial charge on any atom is 0.0681 e. The lowest BCUT2D eigenvalue weighted by atomic mass is 9.72. The van der Waals surface area contributed by atoms with Gasteiger partial charge < -0.3 is 9.64 Å². The Balaban J connectivity index is 1.19. The average Bonchev–Trinajstić information content (AvgIpc) is 3.44. The van der Waals surface area contributed by atoms with Crippen LogP contribution in [0.5, 0.6) is 0 Å². The van der Waals surface area contributed by atoms with E-state index in [1.165, 1.54) is 69.3 Å². The number of hydrogen-bond acceptors (Lipinski definition) is 4. The molecule has 3 aliphatic rings. The summed E-state index contributed by atoms with van der Waals surface area (Å²) in [4.78, 5) is 5.33. The van der Waals surface area contributed by atoms with E-state index in [-0.39, 0.29) is 5.60 Å². The monoisotopic (exact) mass is 506 g/mol. The molecular formula is C27H36Cl2N2OS. The van der Waals surface area contributed by atoms with Gasteiger partial charge in [-0.15, -0.1) is 0 Å². The standard InChI is InChI=1S/C27H36Cl2N2OS/c1-32-27(8-2-9-27)14-20-5-10-30(11-6-20)16-23-17-31(18-25(23)22-7-12-33-19-22)15-21-3-4-24(28)13-26(21)29/h3-4,7,12-13,19-20,23,25H,2,5-6,8-11,14-18H2,1H3. The van der Waals surface area contributed by atoms with E-state index in [0.29, 0.717) is 16.9 Å². The zero-order valence-electron chi connectivity index (χ0n) is 19.6. The Kier molecular flexibility index (Phi) is 7.71. The number of nitrogens with zero attached hydrogens (tertiary/aromatic N) is 2. The highest BCUT2D eigenvalue weighted by Gasteiger charge is 2.40. The molecule has 1 aliphatic carbocycles. The SMILES string of the molecule is COC1(CC2CCN(CC3CN(Cc4ccc(Cl)cc4Cl)CC3c3ccsc3)CC2)CCC1. The zero-order chi connectivity index (χ0) is 22.8. The van der Waals surface area contributed by atoms with Gasteiger partial charge in [-0.1, -0.05) is 29.3 Å². The molecule has 1 saturated carbocycles. The van der Waals surface area contributed by atoms with Gasteiger partial charge in [-0.25, -0.2) is 0 Å². The second kappa shape index (κ2) is 10.6. The van der Waals surface area contributed by atoms with Gasteiger partial charge in [-0.05, 0) is 104 Å². The van der Waals surface area contributed by atoms with Crippen LogP contribution in [-0.4, -0.2) is 55.2 Å².